The maximum Gasteiger partial charge on any atom is 0.221 e. The van der Waals surface area contributed by atoms with Crippen LogP contribution in [0.2, 0.25) is 0 Å². The molecule has 1 aromatic rings. The standard InChI is InChI=1S/C10H11NO2S/c12-14(13)10(6-9(10)7-11-14)8-4-2-1-3-5-8/h1-5,9,11H,6-7H2. The molecule has 2 unspecified atom stereocenters. The molecule has 3 rings (SSSR count). The second-order valence-corrected chi connectivity index (χ2v) is 6.03. The number of rotatable bonds is 1. The highest BCUT2D eigenvalue weighted by Gasteiger charge is 2.68. The predicted octanol–water partition coefficient (Wildman–Crippen LogP) is 0.835. The molecule has 74 valence electrons. The summed E-state index contributed by atoms with van der Waals surface area (Å²) in [5.41, 5.74) is 0.940. The zero-order valence-corrected chi connectivity index (χ0v) is 8.42. The summed E-state index contributed by atoms with van der Waals surface area (Å²) >= 11 is 0. The summed E-state index contributed by atoms with van der Waals surface area (Å²) in [5, 5.41) is 0. The highest BCUT2D eigenvalue weighted by Crippen LogP contribution is 2.60. The average Bonchev–Trinajstić information content (AvgIpc) is 2.87. The molecule has 1 saturated heterocycles. The van der Waals surface area contributed by atoms with Crippen LogP contribution >= 0.6 is 0 Å². The Balaban J connectivity index is 2.17. The maximum atomic E-state index is 11.8. The molecule has 4 heteroatoms. The van der Waals surface area contributed by atoms with Gasteiger partial charge in [0.1, 0.15) is 4.75 Å². The number of sulfonamides is 1. The van der Waals surface area contributed by atoms with E-state index in [0.29, 0.717) is 6.54 Å². The Bertz CT molecular complexity index is 468. The first-order chi connectivity index (χ1) is 6.67. The monoisotopic (exact) mass is 209 g/mol. The molecule has 0 bridgehead atoms. The lowest BCUT2D eigenvalue weighted by molar-refractivity contribution is 0.577. The van der Waals surface area contributed by atoms with Crippen LogP contribution in [0.15, 0.2) is 30.3 Å². The van der Waals surface area contributed by atoms with Gasteiger partial charge in [0.2, 0.25) is 10.0 Å². The van der Waals surface area contributed by atoms with Gasteiger partial charge in [-0.2, -0.15) is 0 Å². The Kier molecular flexibility index (Phi) is 1.43. The van der Waals surface area contributed by atoms with Gasteiger partial charge in [0, 0.05) is 6.54 Å². The van der Waals surface area contributed by atoms with Crippen molar-refractivity contribution in [2.75, 3.05) is 6.54 Å². The molecule has 1 heterocycles. The van der Waals surface area contributed by atoms with Crippen molar-refractivity contribution in [3.63, 3.8) is 0 Å². The minimum absolute atomic E-state index is 0.287. The van der Waals surface area contributed by atoms with Gasteiger partial charge >= 0.3 is 0 Å². The van der Waals surface area contributed by atoms with Crippen LogP contribution in [0.4, 0.5) is 0 Å². The van der Waals surface area contributed by atoms with Crippen molar-refractivity contribution in [2.24, 2.45) is 5.92 Å². The second kappa shape index (κ2) is 2.38. The summed E-state index contributed by atoms with van der Waals surface area (Å²) in [6.07, 6.45) is 0.784. The minimum Gasteiger partial charge on any atom is -0.214 e. The van der Waals surface area contributed by atoms with E-state index in [4.69, 9.17) is 0 Å². The first-order valence-electron chi connectivity index (χ1n) is 4.71. The van der Waals surface area contributed by atoms with Gasteiger partial charge in [-0.05, 0) is 17.9 Å². The Hall–Kier alpha value is -0.870. The van der Waals surface area contributed by atoms with Crippen molar-refractivity contribution in [2.45, 2.75) is 11.2 Å². The molecule has 14 heavy (non-hydrogen) atoms. The van der Waals surface area contributed by atoms with E-state index >= 15 is 0 Å². The van der Waals surface area contributed by atoms with Gasteiger partial charge in [-0.15, -0.1) is 0 Å². The largest absolute Gasteiger partial charge is 0.221 e. The summed E-state index contributed by atoms with van der Waals surface area (Å²) in [5.74, 6) is 0.287. The SMILES string of the molecule is O=S1(=O)NCC2CC21c1ccccc1. The van der Waals surface area contributed by atoms with Crippen LogP contribution in [0.25, 0.3) is 0 Å². The average molecular weight is 209 g/mol. The number of nitrogens with one attached hydrogen (secondary N) is 1. The molecule has 1 saturated carbocycles. The molecule has 0 amide bonds. The molecule has 1 N–H and O–H groups in total. The van der Waals surface area contributed by atoms with Gasteiger partial charge in [-0.1, -0.05) is 30.3 Å². The Morgan fingerprint density at radius 2 is 2.00 bits per heavy atom. The molecule has 2 aliphatic rings. The Morgan fingerprint density at radius 3 is 2.50 bits per heavy atom. The summed E-state index contributed by atoms with van der Waals surface area (Å²) in [6.45, 7) is 0.608. The van der Waals surface area contributed by atoms with Crippen LogP contribution < -0.4 is 4.72 Å². The molecule has 3 nitrogen and oxygen atoms in total. The molecule has 1 aliphatic carbocycles. The molecule has 0 aromatic heterocycles. The summed E-state index contributed by atoms with van der Waals surface area (Å²) in [7, 11) is -3.12. The van der Waals surface area contributed by atoms with Crippen molar-refractivity contribution < 1.29 is 8.42 Å². The van der Waals surface area contributed by atoms with Crippen LogP contribution in [0.3, 0.4) is 0 Å². The van der Waals surface area contributed by atoms with E-state index in [0.717, 1.165) is 12.0 Å². The van der Waals surface area contributed by atoms with Crippen molar-refractivity contribution >= 4 is 10.0 Å². The molecule has 1 aliphatic heterocycles. The van der Waals surface area contributed by atoms with Crippen LogP contribution in [0, 0.1) is 5.92 Å². The smallest absolute Gasteiger partial charge is 0.214 e. The third-order valence-electron chi connectivity index (χ3n) is 3.31. The number of fused-ring (bicyclic) bond motifs is 1. The minimum atomic E-state index is -3.12. The maximum absolute atomic E-state index is 11.8. The normalized spacial score (nSPS) is 37.9. The van der Waals surface area contributed by atoms with Crippen LogP contribution in [-0.2, 0) is 14.8 Å². The third-order valence-corrected chi connectivity index (χ3v) is 5.55. The van der Waals surface area contributed by atoms with E-state index < -0.39 is 14.8 Å². The first kappa shape index (κ1) is 8.44. The zero-order chi connectivity index (χ0) is 9.81. The van der Waals surface area contributed by atoms with Crippen molar-refractivity contribution in [1.29, 1.82) is 0 Å². The van der Waals surface area contributed by atoms with E-state index in [1.54, 1.807) is 0 Å². The Morgan fingerprint density at radius 1 is 1.29 bits per heavy atom. The van der Waals surface area contributed by atoms with E-state index in [-0.39, 0.29) is 5.92 Å². The van der Waals surface area contributed by atoms with Crippen molar-refractivity contribution in [3.05, 3.63) is 35.9 Å². The summed E-state index contributed by atoms with van der Waals surface area (Å²) < 4.78 is 25.6. The van der Waals surface area contributed by atoms with Gasteiger partial charge in [0.15, 0.2) is 0 Å². The van der Waals surface area contributed by atoms with Gasteiger partial charge < -0.3 is 0 Å². The van der Waals surface area contributed by atoms with E-state index in [1.165, 1.54) is 0 Å². The first-order valence-corrected chi connectivity index (χ1v) is 6.20. The van der Waals surface area contributed by atoms with E-state index in [1.807, 2.05) is 30.3 Å². The summed E-state index contributed by atoms with van der Waals surface area (Å²) in [4.78, 5) is 0. The molecule has 2 fully saturated rings. The molecule has 0 radical (unpaired) electrons. The molecule has 1 aromatic carbocycles. The molecule has 0 spiro atoms. The van der Waals surface area contributed by atoms with Crippen molar-refractivity contribution in [3.8, 4) is 0 Å². The number of hydrogen-bond acceptors (Lipinski definition) is 2. The number of benzene rings is 1. The second-order valence-electron chi connectivity index (χ2n) is 4.01. The molecular weight excluding hydrogens is 198 g/mol. The van der Waals surface area contributed by atoms with Gasteiger partial charge in [-0.25, -0.2) is 13.1 Å². The van der Waals surface area contributed by atoms with E-state index in [9.17, 15) is 8.42 Å². The fourth-order valence-electron chi connectivity index (χ4n) is 2.44. The van der Waals surface area contributed by atoms with Crippen molar-refractivity contribution in [1.82, 2.24) is 4.72 Å². The fourth-order valence-corrected chi connectivity index (χ4v) is 4.51. The highest BCUT2D eigenvalue weighted by molar-refractivity contribution is 7.91. The van der Waals surface area contributed by atoms with E-state index in [2.05, 4.69) is 4.72 Å². The highest BCUT2D eigenvalue weighted by atomic mass is 32.2. The topological polar surface area (TPSA) is 46.2 Å². The molecule has 2 atom stereocenters. The van der Waals surface area contributed by atoms with Crippen LogP contribution in [-0.4, -0.2) is 15.0 Å². The lowest BCUT2D eigenvalue weighted by atomic mass is 10.1. The Labute approximate surface area is 83.2 Å². The lowest BCUT2D eigenvalue weighted by Gasteiger charge is -2.11. The zero-order valence-electron chi connectivity index (χ0n) is 7.60. The van der Waals surface area contributed by atoms with Gasteiger partial charge in [0.25, 0.3) is 0 Å². The molecular formula is C10H11NO2S. The third kappa shape index (κ3) is 0.828. The fraction of sp³-hybridized carbons (Fsp3) is 0.400. The predicted molar refractivity (Wildman–Crippen MR) is 53.1 cm³/mol. The van der Waals surface area contributed by atoms with Gasteiger partial charge in [-0.3, -0.25) is 0 Å². The van der Waals surface area contributed by atoms with Crippen LogP contribution in [0.1, 0.15) is 12.0 Å². The quantitative estimate of drug-likeness (QED) is 0.744. The number of hydrogen-bond donors (Lipinski definition) is 1. The van der Waals surface area contributed by atoms with Crippen LogP contribution in [0.5, 0.6) is 0 Å². The lowest BCUT2D eigenvalue weighted by Crippen LogP contribution is -2.27. The van der Waals surface area contributed by atoms with Gasteiger partial charge in [0.05, 0.1) is 0 Å². The summed E-state index contributed by atoms with van der Waals surface area (Å²) in [6, 6.07) is 9.52.